The van der Waals surface area contributed by atoms with Crippen LogP contribution < -0.4 is 0 Å². The topological polar surface area (TPSA) is 52.6 Å². The first-order chi connectivity index (χ1) is 11.0. The molecule has 0 rings (SSSR count). The molecule has 0 aromatic carbocycles. The van der Waals surface area contributed by atoms with Gasteiger partial charge in [-0.2, -0.15) is 0 Å². The fourth-order valence-electron chi connectivity index (χ4n) is 2.57. The molecule has 0 heterocycles. The van der Waals surface area contributed by atoms with Gasteiger partial charge in [-0.25, -0.2) is 9.59 Å². The van der Waals surface area contributed by atoms with E-state index in [2.05, 4.69) is 40.9 Å². The van der Waals surface area contributed by atoms with Gasteiger partial charge in [0.2, 0.25) is 0 Å². The van der Waals surface area contributed by atoms with Crippen molar-refractivity contribution in [3.63, 3.8) is 0 Å². The molecule has 0 N–H and O–H groups in total. The molecule has 0 aliphatic carbocycles. The van der Waals surface area contributed by atoms with Crippen LogP contribution in [0.3, 0.4) is 0 Å². The van der Waals surface area contributed by atoms with E-state index >= 15 is 0 Å². The van der Waals surface area contributed by atoms with Gasteiger partial charge in [0.25, 0.3) is 0 Å². The molecule has 0 saturated heterocycles. The summed E-state index contributed by atoms with van der Waals surface area (Å²) in [7, 11) is -3.45. The Kier molecular flexibility index (Phi) is 7.46. The molecule has 4 nitrogen and oxygen atoms in total. The van der Waals surface area contributed by atoms with Gasteiger partial charge in [0.05, 0.1) is 0 Å². The lowest BCUT2D eigenvalue weighted by molar-refractivity contribution is -0.139. The third-order valence-corrected chi connectivity index (χ3v) is 11.2. The Bertz CT molecular complexity index is 506. The smallest absolute Gasteiger partial charge is 0.477 e. The quantitative estimate of drug-likeness (QED) is 0.417. The zero-order valence-corrected chi connectivity index (χ0v) is 18.7. The predicted octanol–water partition coefficient (Wildman–Crippen LogP) is 5.54. The van der Waals surface area contributed by atoms with E-state index in [9.17, 15) is 9.59 Å². The highest BCUT2D eigenvalue weighted by Crippen LogP contribution is 2.59. The van der Waals surface area contributed by atoms with Crippen LogP contribution in [0.25, 0.3) is 0 Å². The number of carbonyl (C=O) groups is 2. The molecule has 0 radical (unpaired) electrons. The summed E-state index contributed by atoms with van der Waals surface area (Å²) < 4.78 is 12.2. The van der Waals surface area contributed by atoms with Gasteiger partial charge >= 0.3 is 20.5 Å². The molecular formula is C20H36O4Si. The summed E-state index contributed by atoms with van der Waals surface area (Å²) in [5, 5.41) is -1.03. The number of hydrogen-bond acceptors (Lipinski definition) is 4. The lowest BCUT2D eigenvalue weighted by atomic mass is 9.97. The fraction of sp³-hybridized carbons (Fsp3) is 0.700. The van der Waals surface area contributed by atoms with Crippen LogP contribution in [0, 0.1) is 11.8 Å². The molecule has 25 heavy (non-hydrogen) atoms. The Hall–Kier alpha value is -1.36. The molecule has 0 aromatic heterocycles. The van der Waals surface area contributed by atoms with Crippen LogP contribution in [0.1, 0.15) is 69.2 Å². The second-order valence-electron chi connectivity index (χ2n) is 8.71. The van der Waals surface area contributed by atoms with Gasteiger partial charge in [-0.3, -0.25) is 0 Å². The molecule has 0 spiro atoms. The Labute approximate surface area is 154 Å². The van der Waals surface area contributed by atoms with E-state index < -0.39 is 30.6 Å². The van der Waals surface area contributed by atoms with Crippen molar-refractivity contribution in [3.8, 4) is 0 Å². The Balaban J connectivity index is 6.72. The van der Waals surface area contributed by atoms with Crippen LogP contribution in [-0.2, 0) is 18.4 Å². The van der Waals surface area contributed by atoms with Gasteiger partial charge in [-0.05, 0) is 25.7 Å². The highest BCUT2D eigenvalue weighted by molar-refractivity contribution is 6.76. The maximum Gasteiger partial charge on any atom is 0.477 e. The van der Waals surface area contributed by atoms with Gasteiger partial charge in [-0.1, -0.05) is 68.5 Å². The van der Waals surface area contributed by atoms with Crippen molar-refractivity contribution in [3.05, 3.63) is 24.3 Å². The van der Waals surface area contributed by atoms with Gasteiger partial charge in [0.1, 0.15) is 0 Å². The molecule has 0 saturated carbocycles. The second-order valence-corrected chi connectivity index (χ2v) is 12.9. The van der Waals surface area contributed by atoms with Crippen molar-refractivity contribution in [2.45, 2.75) is 79.3 Å². The van der Waals surface area contributed by atoms with E-state index in [-0.39, 0.29) is 11.8 Å². The lowest BCUT2D eigenvalue weighted by Crippen LogP contribution is -2.63. The first-order valence-corrected chi connectivity index (χ1v) is 10.6. The van der Waals surface area contributed by atoms with Gasteiger partial charge in [0.15, 0.2) is 0 Å². The van der Waals surface area contributed by atoms with Crippen molar-refractivity contribution >= 4 is 20.5 Å². The first-order valence-electron chi connectivity index (χ1n) is 8.82. The number of rotatable bonds is 8. The summed E-state index contributed by atoms with van der Waals surface area (Å²) >= 11 is 0. The van der Waals surface area contributed by atoms with E-state index in [1.165, 1.54) is 0 Å². The molecule has 5 heteroatoms. The minimum Gasteiger partial charge on any atom is -0.481 e. The molecule has 144 valence electrons. The Morgan fingerprint density at radius 2 is 1.00 bits per heavy atom. The van der Waals surface area contributed by atoms with Crippen LogP contribution in [-0.4, -0.2) is 20.5 Å². The van der Waals surface area contributed by atoms with E-state index in [1.807, 2.05) is 27.7 Å². The summed E-state index contributed by atoms with van der Waals surface area (Å²) in [6.07, 6.45) is 0. The maximum absolute atomic E-state index is 12.5. The molecule has 0 aliphatic heterocycles. The van der Waals surface area contributed by atoms with Crippen LogP contribution >= 0.6 is 0 Å². The van der Waals surface area contributed by atoms with Crippen LogP contribution in [0.15, 0.2) is 24.3 Å². The third-order valence-electron chi connectivity index (χ3n) is 5.75. The van der Waals surface area contributed by atoms with E-state index in [1.54, 1.807) is 13.8 Å². The summed E-state index contributed by atoms with van der Waals surface area (Å²) in [6.45, 7) is 26.9. The summed E-state index contributed by atoms with van der Waals surface area (Å²) in [5.41, 5.74) is 0.588. The average molecular weight is 369 g/mol. The molecule has 0 atom stereocenters. The first kappa shape index (κ1) is 23.6. The normalized spacial score (nSPS) is 13.0. The number of hydrogen-bond donors (Lipinski definition) is 0. The lowest BCUT2D eigenvalue weighted by Gasteiger charge is -2.53. The zero-order valence-electron chi connectivity index (χ0n) is 17.7. The fourth-order valence-corrected chi connectivity index (χ4v) is 7.72. The maximum atomic E-state index is 12.5. The van der Waals surface area contributed by atoms with E-state index in [0.717, 1.165) is 0 Å². The van der Waals surface area contributed by atoms with Gasteiger partial charge < -0.3 is 8.85 Å². The van der Waals surface area contributed by atoms with Gasteiger partial charge in [0, 0.05) is 21.2 Å². The highest BCUT2D eigenvalue weighted by Gasteiger charge is 2.69. The van der Waals surface area contributed by atoms with Crippen molar-refractivity contribution in [2.75, 3.05) is 0 Å². The van der Waals surface area contributed by atoms with E-state index in [0.29, 0.717) is 11.1 Å². The van der Waals surface area contributed by atoms with Crippen LogP contribution in [0.2, 0.25) is 10.1 Å². The summed E-state index contributed by atoms with van der Waals surface area (Å²) in [4.78, 5) is 25.1. The standard InChI is InChI=1S/C20H36O4Si/c1-13(2)17(21)23-25(19(9,10)15(5)6,20(11,12)16(7)8)24-18(22)14(3)4/h15-16H,1,3H2,2,4-12H3. The molecule has 0 fully saturated rings. The summed E-state index contributed by atoms with van der Waals surface area (Å²) in [6, 6.07) is 0. The van der Waals surface area contributed by atoms with Crippen molar-refractivity contribution in [2.24, 2.45) is 11.8 Å². The van der Waals surface area contributed by atoms with Crippen LogP contribution in [0.5, 0.6) is 0 Å². The number of carbonyl (C=O) groups excluding carboxylic acids is 2. The monoisotopic (exact) mass is 368 g/mol. The van der Waals surface area contributed by atoms with Gasteiger partial charge in [-0.15, -0.1) is 0 Å². The minimum absolute atomic E-state index is 0.132. The Morgan fingerprint density at radius 3 is 1.16 bits per heavy atom. The van der Waals surface area contributed by atoms with E-state index in [4.69, 9.17) is 8.85 Å². The molecular weight excluding hydrogens is 332 g/mol. The van der Waals surface area contributed by atoms with Crippen LogP contribution in [0.4, 0.5) is 0 Å². The average Bonchev–Trinajstić information content (AvgIpc) is 2.44. The second kappa shape index (κ2) is 7.90. The third kappa shape index (κ3) is 4.43. The Morgan fingerprint density at radius 1 is 0.760 bits per heavy atom. The SMILES string of the molecule is C=C(C)C(=O)O[Si](OC(=O)C(=C)C)(C(C)(C)C(C)C)C(C)(C)C(C)C. The molecule has 0 unspecified atom stereocenters. The largest absolute Gasteiger partial charge is 0.481 e. The molecule has 0 bridgehead atoms. The highest BCUT2D eigenvalue weighted by atomic mass is 28.4. The predicted molar refractivity (Wildman–Crippen MR) is 105 cm³/mol. The van der Waals surface area contributed by atoms with Crippen molar-refractivity contribution in [1.29, 1.82) is 0 Å². The van der Waals surface area contributed by atoms with Crippen molar-refractivity contribution < 1.29 is 18.4 Å². The minimum atomic E-state index is -3.45. The molecule has 0 amide bonds. The molecule has 0 aromatic rings. The zero-order chi connectivity index (χ0) is 20.4. The molecule has 0 aliphatic rings. The van der Waals surface area contributed by atoms with Crippen molar-refractivity contribution in [1.82, 2.24) is 0 Å². The summed E-state index contributed by atoms with van der Waals surface area (Å²) in [5.74, 6) is -0.756.